The third kappa shape index (κ3) is 3.82. The van der Waals surface area contributed by atoms with Crippen LogP contribution in [-0.4, -0.2) is 47.6 Å². The first-order valence-corrected chi connectivity index (χ1v) is 8.57. The van der Waals surface area contributed by atoms with E-state index in [1.807, 2.05) is 13.8 Å². The van der Waals surface area contributed by atoms with Crippen LogP contribution in [0.15, 0.2) is 10.6 Å². The molecule has 0 radical (unpaired) electrons. The molecule has 8 heteroatoms. The molecule has 0 aliphatic carbocycles. The lowest BCUT2D eigenvalue weighted by molar-refractivity contribution is 0.0659. The third-order valence-corrected chi connectivity index (χ3v) is 5.71. The second-order valence-electron chi connectivity index (χ2n) is 5.71. The SMILES string of the molecule is CC(C)CS(=O)(=O)N1CCC(c2ncc(C(=O)O)o2)CC1. The Bertz CT molecular complexity index is 600. The molecule has 0 aromatic carbocycles. The van der Waals surface area contributed by atoms with Crippen molar-refractivity contribution in [1.82, 2.24) is 9.29 Å². The van der Waals surface area contributed by atoms with Gasteiger partial charge in [-0.25, -0.2) is 22.5 Å². The number of oxazole rings is 1. The summed E-state index contributed by atoms with van der Waals surface area (Å²) < 4.78 is 31.0. The summed E-state index contributed by atoms with van der Waals surface area (Å²) in [6.45, 7) is 4.60. The fraction of sp³-hybridized carbons (Fsp3) is 0.692. The number of aromatic carboxylic acids is 1. The van der Waals surface area contributed by atoms with E-state index >= 15 is 0 Å². The molecule has 2 rings (SSSR count). The lowest BCUT2D eigenvalue weighted by atomic mass is 9.98. The standard InChI is InChI=1S/C13H20N2O5S/c1-9(2)8-21(18,19)15-5-3-10(4-6-15)12-14-7-11(20-12)13(16)17/h7,9-10H,3-6,8H2,1-2H3,(H,16,17). The van der Waals surface area contributed by atoms with Gasteiger partial charge in [-0.1, -0.05) is 13.8 Å². The first kappa shape index (κ1) is 16.0. The van der Waals surface area contributed by atoms with E-state index in [1.54, 1.807) is 0 Å². The maximum Gasteiger partial charge on any atom is 0.373 e. The Morgan fingerprint density at radius 3 is 2.57 bits per heavy atom. The highest BCUT2D eigenvalue weighted by Crippen LogP contribution is 2.29. The molecular formula is C13H20N2O5S. The van der Waals surface area contributed by atoms with E-state index in [-0.39, 0.29) is 23.3 Å². The summed E-state index contributed by atoms with van der Waals surface area (Å²) in [4.78, 5) is 14.7. The van der Waals surface area contributed by atoms with Crippen molar-refractivity contribution >= 4 is 16.0 Å². The number of carboxylic acid groups (broad SMARTS) is 1. The molecule has 118 valence electrons. The highest BCUT2D eigenvalue weighted by molar-refractivity contribution is 7.89. The molecule has 0 unspecified atom stereocenters. The molecule has 0 atom stereocenters. The van der Waals surface area contributed by atoms with Crippen LogP contribution in [0, 0.1) is 5.92 Å². The Hall–Kier alpha value is -1.41. The second kappa shape index (κ2) is 6.15. The predicted octanol–water partition coefficient (Wildman–Crippen LogP) is 1.54. The van der Waals surface area contributed by atoms with Gasteiger partial charge in [-0.15, -0.1) is 0 Å². The van der Waals surface area contributed by atoms with Gasteiger partial charge in [0, 0.05) is 19.0 Å². The van der Waals surface area contributed by atoms with Crippen molar-refractivity contribution in [2.45, 2.75) is 32.6 Å². The Kier molecular flexibility index (Phi) is 4.67. The lowest BCUT2D eigenvalue weighted by Crippen LogP contribution is -2.40. The molecule has 1 fully saturated rings. The molecule has 1 aromatic heterocycles. The van der Waals surface area contributed by atoms with Crippen molar-refractivity contribution in [3.05, 3.63) is 17.8 Å². The minimum Gasteiger partial charge on any atom is -0.475 e. The van der Waals surface area contributed by atoms with E-state index < -0.39 is 16.0 Å². The number of hydrogen-bond donors (Lipinski definition) is 1. The zero-order valence-electron chi connectivity index (χ0n) is 12.2. The van der Waals surface area contributed by atoms with Crippen LogP contribution < -0.4 is 0 Å². The zero-order valence-corrected chi connectivity index (χ0v) is 13.0. The fourth-order valence-electron chi connectivity index (χ4n) is 2.48. The number of sulfonamides is 1. The molecule has 1 aliphatic heterocycles. The van der Waals surface area contributed by atoms with Gasteiger partial charge in [-0.3, -0.25) is 0 Å². The Morgan fingerprint density at radius 2 is 2.10 bits per heavy atom. The molecule has 1 aromatic rings. The molecule has 21 heavy (non-hydrogen) atoms. The first-order valence-electron chi connectivity index (χ1n) is 6.96. The van der Waals surface area contributed by atoms with Gasteiger partial charge < -0.3 is 9.52 Å². The number of rotatable bonds is 5. The van der Waals surface area contributed by atoms with Crippen molar-refractivity contribution in [2.75, 3.05) is 18.8 Å². The number of piperidine rings is 1. The van der Waals surface area contributed by atoms with Gasteiger partial charge in [0.25, 0.3) is 0 Å². The van der Waals surface area contributed by atoms with Gasteiger partial charge in [-0.2, -0.15) is 0 Å². The van der Waals surface area contributed by atoms with Crippen LogP contribution in [0.2, 0.25) is 0 Å². The quantitative estimate of drug-likeness (QED) is 0.884. The normalized spacial score (nSPS) is 18.2. The van der Waals surface area contributed by atoms with Crippen molar-refractivity contribution < 1.29 is 22.7 Å². The van der Waals surface area contributed by atoms with Gasteiger partial charge in [0.1, 0.15) is 0 Å². The molecule has 0 saturated carbocycles. The molecule has 0 amide bonds. The average molecular weight is 316 g/mol. The van der Waals surface area contributed by atoms with Gasteiger partial charge >= 0.3 is 5.97 Å². The molecule has 2 heterocycles. The van der Waals surface area contributed by atoms with E-state index in [0.29, 0.717) is 31.8 Å². The number of aromatic nitrogens is 1. The fourth-order valence-corrected chi connectivity index (χ4v) is 4.30. The van der Waals surface area contributed by atoms with E-state index in [2.05, 4.69) is 4.98 Å². The van der Waals surface area contributed by atoms with Crippen molar-refractivity contribution in [3.8, 4) is 0 Å². The number of nitrogens with zero attached hydrogens (tertiary/aromatic N) is 2. The van der Waals surface area contributed by atoms with Gasteiger partial charge in [0.15, 0.2) is 5.89 Å². The van der Waals surface area contributed by atoms with Crippen LogP contribution in [0.25, 0.3) is 0 Å². The van der Waals surface area contributed by atoms with Crippen LogP contribution in [-0.2, 0) is 10.0 Å². The topological polar surface area (TPSA) is 101 Å². The summed E-state index contributed by atoms with van der Waals surface area (Å²) in [6.07, 6.45) is 2.38. The molecule has 7 nitrogen and oxygen atoms in total. The average Bonchev–Trinajstić information content (AvgIpc) is 2.87. The summed E-state index contributed by atoms with van der Waals surface area (Å²) in [5, 5.41) is 8.81. The van der Waals surface area contributed by atoms with Crippen molar-refractivity contribution in [1.29, 1.82) is 0 Å². The Balaban J connectivity index is 1.98. The molecule has 1 N–H and O–H groups in total. The maximum absolute atomic E-state index is 12.1. The third-order valence-electron chi connectivity index (χ3n) is 3.47. The summed E-state index contributed by atoms with van der Waals surface area (Å²) in [5.41, 5.74) is 0. The molecule has 1 aliphatic rings. The summed E-state index contributed by atoms with van der Waals surface area (Å²) in [5.74, 6) is -0.722. The molecular weight excluding hydrogens is 296 g/mol. The number of carbonyl (C=O) groups is 1. The van der Waals surface area contributed by atoms with E-state index in [9.17, 15) is 13.2 Å². The number of hydrogen-bond acceptors (Lipinski definition) is 5. The Morgan fingerprint density at radius 1 is 1.48 bits per heavy atom. The minimum absolute atomic E-state index is 0.0244. The molecule has 0 spiro atoms. The van der Waals surface area contributed by atoms with Crippen LogP contribution in [0.3, 0.4) is 0 Å². The molecule has 1 saturated heterocycles. The summed E-state index contributed by atoms with van der Waals surface area (Å²) in [7, 11) is -3.21. The largest absolute Gasteiger partial charge is 0.475 e. The summed E-state index contributed by atoms with van der Waals surface area (Å²) >= 11 is 0. The highest BCUT2D eigenvalue weighted by Gasteiger charge is 2.31. The first-order chi connectivity index (χ1) is 9.79. The van der Waals surface area contributed by atoms with Gasteiger partial charge in [0.05, 0.1) is 11.9 Å². The van der Waals surface area contributed by atoms with Crippen LogP contribution in [0.1, 0.15) is 49.1 Å². The van der Waals surface area contributed by atoms with E-state index in [4.69, 9.17) is 9.52 Å². The maximum atomic E-state index is 12.1. The monoisotopic (exact) mass is 316 g/mol. The minimum atomic E-state index is -3.21. The summed E-state index contributed by atoms with van der Waals surface area (Å²) in [6, 6.07) is 0. The molecule has 0 bridgehead atoms. The van der Waals surface area contributed by atoms with Crippen molar-refractivity contribution in [2.24, 2.45) is 5.92 Å². The van der Waals surface area contributed by atoms with E-state index in [0.717, 1.165) is 0 Å². The van der Waals surface area contributed by atoms with Gasteiger partial charge in [-0.05, 0) is 18.8 Å². The van der Waals surface area contributed by atoms with Crippen LogP contribution >= 0.6 is 0 Å². The van der Waals surface area contributed by atoms with Crippen molar-refractivity contribution in [3.63, 3.8) is 0 Å². The number of carboxylic acids is 1. The lowest BCUT2D eigenvalue weighted by Gasteiger charge is -2.30. The van der Waals surface area contributed by atoms with E-state index in [1.165, 1.54) is 10.5 Å². The zero-order chi connectivity index (χ0) is 15.6. The van der Waals surface area contributed by atoms with Crippen LogP contribution in [0.4, 0.5) is 0 Å². The van der Waals surface area contributed by atoms with Gasteiger partial charge in [0.2, 0.25) is 15.8 Å². The second-order valence-corrected chi connectivity index (χ2v) is 7.73. The highest BCUT2D eigenvalue weighted by atomic mass is 32.2. The Labute approximate surface area is 124 Å². The smallest absolute Gasteiger partial charge is 0.373 e. The predicted molar refractivity (Wildman–Crippen MR) is 75.6 cm³/mol. The van der Waals surface area contributed by atoms with Crippen LogP contribution in [0.5, 0.6) is 0 Å².